The molecule has 3 aliphatic rings. The van der Waals surface area contributed by atoms with Crippen LogP contribution >= 0.6 is 12.2 Å². The van der Waals surface area contributed by atoms with Gasteiger partial charge in [0, 0.05) is 56.3 Å². The van der Waals surface area contributed by atoms with Gasteiger partial charge in [0.15, 0.2) is 16.6 Å². The number of nitrogens with zero attached hydrogens (tertiary/aromatic N) is 2. The van der Waals surface area contributed by atoms with Crippen LogP contribution < -0.4 is 20.3 Å². The molecule has 0 bridgehead atoms. The fourth-order valence-electron chi connectivity index (χ4n) is 4.42. The molecule has 2 fully saturated rings. The van der Waals surface area contributed by atoms with Crippen molar-refractivity contribution in [1.29, 1.82) is 0 Å². The van der Waals surface area contributed by atoms with E-state index in [9.17, 15) is 4.79 Å². The van der Waals surface area contributed by atoms with Crippen LogP contribution in [-0.4, -0.2) is 85.3 Å². The Balaban J connectivity index is 1.32. The summed E-state index contributed by atoms with van der Waals surface area (Å²) in [5.74, 6) is 1.34. The molecule has 33 heavy (non-hydrogen) atoms. The van der Waals surface area contributed by atoms with Crippen LogP contribution in [0.3, 0.4) is 0 Å². The van der Waals surface area contributed by atoms with Crippen LogP contribution in [0.1, 0.15) is 18.4 Å². The molecule has 0 unspecified atom stereocenters. The van der Waals surface area contributed by atoms with E-state index in [1.165, 1.54) is 0 Å². The predicted molar refractivity (Wildman–Crippen MR) is 128 cm³/mol. The zero-order valence-electron chi connectivity index (χ0n) is 18.6. The number of thiocarbonyl (C=S) groups is 1. The van der Waals surface area contributed by atoms with Crippen LogP contribution in [0, 0.1) is 0 Å². The molecule has 10 heteroatoms. The van der Waals surface area contributed by atoms with Crippen molar-refractivity contribution in [3.63, 3.8) is 0 Å². The zero-order valence-corrected chi connectivity index (χ0v) is 19.5. The lowest BCUT2D eigenvalue weighted by Crippen LogP contribution is -2.47. The van der Waals surface area contributed by atoms with Crippen molar-refractivity contribution in [3.05, 3.63) is 34.1 Å². The van der Waals surface area contributed by atoms with Crippen molar-refractivity contribution in [1.82, 2.24) is 20.1 Å². The third-order valence-corrected chi connectivity index (χ3v) is 6.76. The van der Waals surface area contributed by atoms with E-state index < -0.39 is 0 Å². The fraction of sp³-hybridized carbons (Fsp3) is 0.565. The molecule has 0 radical (unpaired) electrons. The summed E-state index contributed by atoms with van der Waals surface area (Å²) in [5, 5.41) is 4.91. The lowest BCUT2D eigenvalue weighted by atomic mass is 10.1. The number of H-pyrrole nitrogens is 1. The summed E-state index contributed by atoms with van der Waals surface area (Å²) in [5.41, 5.74) is 1.26. The molecule has 0 aliphatic carbocycles. The van der Waals surface area contributed by atoms with E-state index in [0.29, 0.717) is 35.3 Å². The van der Waals surface area contributed by atoms with Crippen molar-refractivity contribution < 1.29 is 18.9 Å². The number of fused-ring (bicyclic) bond motifs is 2. The van der Waals surface area contributed by atoms with Gasteiger partial charge in [0.1, 0.15) is 0 Å². The maximum absolute atomic E-state index is 12.9. The molecule has 2 saturated heterocycles. The summed E-state index contributed by atoms with van der Waals surface area (Å²) >= 11 is 5.75. The number of morpholine rings is 1. The van der Waals surface area contributed by atoms with Gasteiger partial charge in [0.25, 0.3) is 5.56 Å². The predicted octanol–water partition coefficient (Wildman–Crippen LogP) is 1.44. The molecule has 1 aromatic carbocycles. The van der Waals surface area contributed by atoms with Crippen LogP contribution in [0.25, 0.3) is 10.9 Å². The van der Waals surface area contributed by atoms with Crippen molar-refractivity contribution >= 4 is 28.2 Å². The number of hydrogen-bond donors (Lipinski definition) is 2. The molecular weight excluding hydrogens is 444 g/mol. The molecule has 2 N–H and O–H groups in total. The van der Waals surface area contributed by atoms with Gasteiger partial charge in [-0.25, -0.2) is 0 Å². The van der Waals surface area contributed by atoms with Crippen molar-refractivity contribution in [3.8, 4) is 11.5 Å². The van der Waals surface area contributed by atoms with Crippen LogP contribution in [0.4, 0.5) is 0 Å². The van der Waals surface area contributed by atoms with E-state index in [1.807, 2.05) is 18.2 Å². The number of pyridine rings is 1. The maximum Gasteiger partial charge on any atom is 0.253 e. The minimum Gasteiger partial charge on any atom is -0.454 e. The van der Waals surface area contributed by atoms with Crippen molar-refractivity contribution in [2.75, 3.05) is 59.3 Å². The Bertz CT molecular complexity index is 1050. The van der Waals surface area contributed by atoms with E-state index in [-0.39, 0.29) is 18.5 Å². The third kappa shape index (κ3) is 5.40. The van der Waals surface area contributed by atoms with Crippen LogP contribution in [0.15, 0.2) is 23.0 Å². The standard InChI is InChI=1S/C23H30N4O5S/c28-22-17(10-16-11-20-21(32-15-31-20)12-19(16)25-22)14-27(4-3-26-5-8-29-9-6-26)23(33)24-13-18-2-1-7-30-18/h10-12,18H,1-9,13-15H2,(H,24,33)(H,25,28)/t18-/m0/s1. The highest BCUT2D eigenvalue weighted by Crippen LogP contribution is 2.35. The number of nitrogens with one attached hydrogen (secondary N) is 2. The fourth-order valence-corrected chi connectivity index (χ4v) is 4.66. The number of benzene rings is 1. The summed E-state index contributed by atoms with van der Waals surface area (Å²) in [4.78, 5) is 20.3. The Morgan fingerprint density at radius 3 is 2.79 bits per heavy atom. The quantitative estimate of drug-likeness (QED) is 0.579. The first-order valence-corrected chi connectivity index (χ1v) is 12.0. The molecule has 0 amide bonds. The Morgan fingerprint density at radius 1 is 1.18 bits per heavy atom. The molecule has 1 aromatic heterocycles. The summed E-state index contributed by atoms with van der Waals surface area (Å²) in [7, 11) is 0. The minimum absolute atomic E-state index is 0.125. The Morgan fingerprint density at radius 2 is 2.00 bits per heavy atom. The number of aromatic amines is 1. The maximum atomic E-state index is 12.9. The molecule has 178 valence electrons. The first-order valence-electron chi connectivity index (χ1n) is 11.6. The summed E-state index contributed by atoms with van der Waals surface area (Å²) < 4.78 is 22.1. The summed E-state index contributed by atoms with van der Waals surface area (Å²) in [6.45, 7) is 7.01. The minimum atomic E-state index is -0.125. The van der Waals surface area contributed by atoms with Gasteiger partial charge >= 0.3 is 0 Å². The van der Waals surface area contributed by atoms with Crippen LogP contribution in [-0.2, 0) is 16.0 Å². The number of rotatable bonds is 7. The van der Waals surface area contributed by atoms with Gasteiger partial charge < -0.3 is 34.1 Å². The molecule has 1 atom stereocenters. The summed E-state index contributed by atoms with van der Waals surface area (Å²) in [6, 6.07) is 5.64. The zero-order chi connectivity index (χ0) is 22.6. The largest absolute Gasteiger partial charge is 0.454 e. The Kier molecular flexibility index (Phi) is 6.96. The molecule has 2 aromatic rings. The highest BCUT2D eigenvalue weighted by atomic mass is 32.1. The first-order chi connectivity index (χ1) is 16.2. The Labute approximate surface area is 197 Å². The van der Waals surface area contributed by atoms with Gasteiger partial charge in [0.2, 0.25) is 6.79 Å². The van der Waals surface area contributed by atoms with Gasteiger partial charge in [-0.3, -0.25) is 9.69 Å². The SMILES string of the molecule is O=c1[nH]c2cc3c(cc2cc1CN(CCN1CCOCC1)C(=S)NC[C@@H]1CCCO1)OCO3. The smallest absolute Gasteiger partial charge is 0.253 e. The van der Waals surface area contributed by atoms with Gasteiger partial charge in [-0.2, -0.15) is 0 Å². The van der Waals surface area contributed by atoms with Gasteiger partial charge in [-0.1, -0.05) is 0 Å². The molecule has 3 aliphatic heterocycles. The average Bonchev–Trinajstić information content (AvgIpc) is 3.51. The normalized spacial score (nSPS) is 20.3. The van der Waals surface area contributed by atoms with E-state index in [2.05, 4.69) is 20.1 Å². The average molecular weight is 475 g/mol. The van der Waals surface area contributed by atoms with Gasteiger partial charge in [0.05, 0.1) is 31.4 Å². The topological polar surface area (TPSA) is 88.3 Å². The van der Waals surface area contributed by atoms with Crippen molar-refractivity contribution in [2.24, 2.45) is 0 Å². The molecule has 9 nitrogen and oxygen atoms in total. The first kappa shape index (κ1) is 22.4. The number of ether oxygens (including phenoxy) is 4. The highest BCUT2D eigenvalue weighted by Gasteiger charge is 2.20. The third-order valence-electron chi connectivity index (χ3n) is 6.36. The molecule has 5 rings (SSSR count). The number of hydrogen-bond acceptors (Lipinski definition) is 7. The van der Waals surface area contributed by atoms with Gasteiger partial charge in [-0.05, 0) is 37.2 Å². The second-order valence-corrected chi connectivity index (χ2v) is 9.00. The second-order valence-electron chi connectivity index (χ2n) is 8.61. The lowest BCUT2D eigenvalue weighted by Gasteiger charge is -2.31. The number of aromatic nitrogens is 1. The van der Waals surface area contributed by atoms with E-state index >= 15 is 0 Å². The molecular formula is C23H30N4O5S. The molecule has 4 heterocycles. The van der Waals surface area contributed by atoms with Crippen molar-refractivity contribution in [2.45, 2.75) is 25.5 Å². The summed E-state index contributed by atoms with van der Waals surface area (Å²) in [6.07, 6.45) is 2.33. The highest BCUT2D eigenvalue weighted by molar-refractivity contribution is 7.80. The van der Waals surface area contributed by atoms with Gasteiger partial charge in [-0.15, -0.1) is 0 Å². The van der Waals surface area contributed by atoms with Crippen LogP contribution in [0.5, 0.6) is 11.5 Å². The monoisotopic (exact) mass is 474 g/mol. The lowest BCUT2D eigenvalue weighted by molar-refractivity contribution is 0.0356. The molecule has 0 saturated carbocycles. The van der Waals surface area contributed by atoms with Crippen LogP contribution in [0.2, 0.25) is 0 Å². The van der Waals surface area contributed by atoms with E-state index in [4.69, 9.17) is 31.2 Å². The molecule has 0 spiro atoms. The Hall–Kier alpha value is -2.40. The van der Waals surface area contributed by atoms with E-state index in [1.54, 1.807) is 0 Å². The van der Waals surface area contributed by atoms with E-state index in [0.717, 1.165) is 69.7 Å². The second kappa shape index (κ2) is 10.3.